The Kier molecular flexibility index (Phi) is 12.9. The first-order valence-corrected chi connectivity index (χ1v) is 12.8. The van der Waals surface area contributed by atoms with Crippen LogP contribution < -0.4 is 0 Å². The summed E-state index contributed by atoms with van der Waals surface area (Å²) in [5.41, 5.74) is -1.08. The van der Waals surface area contributed by atoms with Gasteiger partial charge in [-0.25, -0.2) is 0 Å². The van der Waals surface area contributed by atoms with Crippen LogP contribution in [0.2, 0.25) is 0 Å². The molecule has 2 aliphatic rings. The summed E-state index contributed by atoms with van der Waals surface area (Å²) in [6, 6.07) is 0. The number of hydrogen-bond acceptors (Lipinski definition) is 5. The molecule has 5 heteroatoms. The molecule has 0 aromatic rings. The average Bonchev–Trinajstić information content (AvgIpc) is 3.15. The van der Waals surface area contributed by atoms with Crippen LogP contribution in [0.25, 0.3) is 0 Å². The molecule has 0 aromatic carbocycles. The van der Waals surface area contributed by atoms with Crippen molar-refractivity contribution in [3.8, 4) is 0 Å². The molecule has 0 spiro atoms. The Bertz CT molecular complexity index is 711. The van der Waals surface area contributed by atoms with Gasteiger partial charge in [0.05, 0.1) is 40.2 Å². The molecule has 0 aliphatic carbocycles. The van der Waals surface area contributed by atoms with Gasteiger partial charge in [0.2, 0.25) is 0 Å². The van der Waals surface area contributed by atoms with E-state index in [4.69, 9.17) is 9.47 Å². The van der Waals surface area contributed by atoms with Crippen LogP contribution in [0.1, 0.15) is 101 Å². The van der Waals surface area contributed by atoms with Gasteiger partial charge in [-0.05, 0) is 101 Å². The van der Waals surface area contributed by atoms with E-state index in [1.54, 1.807) is 26.8 Å². The first-order valence-electron chi connectivity index (χ1n) is 12.8. The lowest BCUT2D eigenvalue weighted by Crippen LogP contribution is -2.51. The van der Waals surface area contributed by atoms with Crippen molar-refractivity contribution < 1.29 is 24.8 Å². The number of aliphatic hydroxyl groups excluding tert-OH is 1. The van der Waals surface area contributed by atoms with E-state index in [0.717, 1.165) is 38.5 Å². The molecule has 2 heterocycles. The molecular weight excluding hydrogens is 440 g/mol. The van der Waals surface area contributed by atoms with Gasteiger partial charge in [-0.15, -0.1) is 19.7 Å². The second-order valence-corrected chi connectivity index (χ2v) is 12.0. The summed E-state index contributed by atoms with van der Waals surface area (Å²) < 4.78 is 11.4. The fourth-order valence-electron chi connectivity index (χ4n) is 3.90. The van der Waals surface area contributed by atoms with Crippen molar-refractivity contribution in [3.63, 3.8) is 0 Å². The Hall–Kier alpha value is -1.24. The van der Waals surface area contributed by atoms with Crippen molar-refractivity contribution in [1.82, 2.24) is 0 Å². The highest BCUT2D eigenvalue weighted by molar-refractivity contribution is 5.02. The van der Waals surface area contributed by atoms with Gasteiger partial charge in [0.1, 0.15) is 0 Å². The van der Waals surface area contributed by atoms with E-state index in [9.17, 15) is 15.3 Å². The number of ether oxygens (including phenoxy) is 2. The van der Waals surface area contributed by atoms with Crippen molar-refractivity contribution in [1.29, 1.82) is 0 Å². The lowest BCUT2D eigenvalue weighted by Gasteiger charge is -2.44. The zero-order valence-corrected chi connectivity index (χ0v) is 24.0. The predicted molar refractivity (Wildman–Crippen MR) is 147 cm³/mol. The second-order valence-electron chi connectivity index (χ2n) is 12.0. The number of allylic oxidation sites excluding steroid dienone is 2. The van der Waals surface area contributed by atoms with E-state index in [1.165, 1.54) is 5.57 Å². The largest absolute Gasteiger partial charge is 0.390 e. The third-order valence-corrected chi connectivity index (χ3v) is 6.82. The number of aliphatic hydroxyl groups is 3. The summed E-state index contributed by atoms with van der Waals surface area (Å²) in [5, 5.41) is 28.8. The van der Waals surface area contributed by atoms with Gasteiger partial charge in [-0.3, -0.25) is 0 Å². The molecule has 35 heavy (non-hydrogen) atoms. The van der Waals surface area contributed by atoms with Crippen LogP contribution in [0.15, 0.2) is 49.6 Å². The quantitative estimate of drug-likeness (QED) is 0.355. The first-order chi connectivity index (χ1) is 15.7. The molecule has 204 valence electrons. The molecule has 2 fully saturated rings. The Morgan fingerprint density at radius 3 is 1.80 bits per heavy atom. The lowest BCUT2D eigenvalue weighted by molar-refractivity contribution is -0.195. The summed E-state index contributed by atoms with van der Waals surface area (Å²) in [6.45, 7) is 28.3. The van der Waals surface area contributed by atoms with Crippen molar-refractivity contribution in [2.75, 3.05) is 0 Å². The van der Waals surface area contributed by atoms with Crippen LogP contribution in [0, 0.1) is 0 Å². The zero-order chi connectivity index (χ0) is 27.7. The van der Waals surface area contributed by atoms with Crippen molar-refractivity contribution in [3.05, 3.63) is 49.6 Å². The van der Waals surface area contributed by atoms with Crippen LogP contribution in [0.3, 0.4) is 0 Å². The minimum absolute atomic E-state index is 0.0551. The first kappa shape index (κ1) is 33.8. The van der Waals surface area contributed by atoms with E-state index in [2.05, 4.69) is 39.7 Å². The van der Waals surface area contributed by atoms with Gasteiger partial charge >= 0.3 is 0 Å². The van der Waals surface area contributed by atoms with Gasteiger partial charge in [0.15, 0.2) is 0 Å². The normalized spacial score (nSPS) is 31.4. The second kappa shape index (κ2) is 13.3. The van der Waals surface area contributed by atoms with E-state index in [-0.39, 0.29) is 23.4 Å². The Morgan fingerprint density at radius 1 is 0.943 bits per heavy atom. The predicted octanol–water partition coefficient (Wildman–Crippen LogP) is 6.43. The molecule has 5 atom stereocenters. The van der Waals surface area contributed by atoms with Gasteiger partial charge in [-0.1, -0.05) is 29.9 Å². The smallest absolute Gasteiger partial charge is 0.0895 e. The fraction of sp³-hybridized carbons (Fsp3) is 0.733. The summed E-state index contributed by atoms with van der Waals surface area (Å²) in [7, 11) is 0. The van der Waals surface area contributed by atoms with Crippen molar-refractivity contribution >= 4 is 0 Å². The van der Waals surface area contributed by atoms with Crippen LogP contribution in [-0.2, 0) is 9.47 Å². The molecule has 5 unspecified atom stereocenters. The number of rotatable bonds is 7. The highest BCUT2D eigenvalue weighted by Gasteiger charge is 2.41. The number of hydrogen-bond donors (Lipinski definition) is 3. The third-order valence-electron chi connectivity index (χ3n) is 6.82. The third kappa shape index (κ3) is 12.5. The molecule has 2 saturated heterocycles. The summed E-state index contributed by atoms with van der Waals surface area (Å²) in [4.78, 5) is 0. The van der Waals surface area contributed by atoms with E-state index in [1.807, 2.05) is 39.8 Å². The summed E-state index contributed by atoms with van der Waals surface area (Å²) in [5.74, 6) is 0. The van der Waals surface area contributed by atoms with Gasteiger partial charge in [0, 0.05) is 0 Å². The maximum Gasteiger partial charge on any atom is 0.0895 e. The minimum Gasteiger partial charge on any atom is -0.390 e. The molecule has 3 N–H and O–H groups in total. The zero-order valence-electron chi connectivity index (χ0n) is 24.0. The standard InChI is InChI=1S/2C10H18O2.C10H18O/c1-5-10(4)7-6-8(12-10)9(2,3)11;1-5-10(4)7-6-8(11)9(2,3)12-10;1-5-10(4,11)8-6-7-9(2)3/h2*5,8,11H,1,6-7H2,2-4H3;5,7,11H,1,6,8H2,2-4H3. The van der Waals surface area contributed by atoms with Crippen LogP contribution in [-0.4, -0.2) is 55.5 Å². The lowest BCUT2D eigenvalue weighted by atomic mass is 9.86. The molecule has 0 saturated carbocycles. The molecule has 5 nitrogen and oxygen atoms in total. The van der Waals surface area contributed by atoms with E-state index < -0.39 is 16.8 Å². The Labute approximate surface area is 215 Å². The average molecular weight is 495 g/mol. The Morgan fingerprint density at radius 2 is 1.46 bits per heavy atom. The van der Waals surface area contributed by atoms with Crippen molar-refractivity contribution in [2.45, 2.75) is 141 Å². The molecule has 0 bridgehead atoms. The topological polar surface area (TPSA) is 79.2 Å². The SMILES string of the molecule is C=CC(C)(O)CCC=C(C)C.C=CC1(C)CCC(C(C)(C)O)O1.C=CC1(C)CCC(O)C(C)(C)O1. The van der Waals surface area contributed by atoms with Gasteiger partial charge in [-0.2, -0.15) is 0 Å². The highest BCUT2D eigenvalue weighted by atomic mass is 16.5. The molecule has 2 aliphatic heterocycles. The van der Waals surface area contributed by atoms with Gasteiger partial charge < -0.3 is 24.8 Å². The van der Waals surface area contributed by atoms with Crippen molar-refractivity contribution in [2.24, 2.45) is 0 Å². The van der Waals surface area contributed by atoms with E-state index >= 15 is 0 Å². The van der Waals surface area contributed by atoms with Crippen LogP contribution in [0.5, 0.6) is 0 Å². The maximum absolute atomic E-state index is 9.69. The van der Waals surface area contributed by atoms with Crippen LogP contribution >= 0.6 is 0 Å². The molecule has 0 amide bonds. The van der Waals surface area contributed by atoms with Gasteiger partial charge in [0.25, 0.3) is 0 Å². The monoisotopic (exact) mass is 494 g/mol. The molecular formula is C30H54O5. The summed E-state index contributed by atoms with van der Waals surface area (Å²) >= 11 is 0. The maximum atomic E-state index is 9.69. The van der Waals surface area contributed by atoms with Crippen LogP contribution in [0.4, 0.5) is 0 Å². The van der Waals surface area contributed by atoms with E-state index in [0.29, 0.717) is 0 Å². The molecule has 0 radical (unpaired) electrons. The Balaban J connectivity index is 0.000000496. The highest BCUT2D eigenvalue weighted by Crippen LogP contribution is 2.36. The minimum atomic E-state index is -0.735. The summed E-state index contributed by atoms with van der Waals surface area (Å²) in [6.07, 6.45) is 12.1. The molecule has 2 rings (SSSR count). The fourth-order valence-corrected chi connectivity index (χ4v) is 3.90. The molecule has 0 aromatic heterocycles.